The van der Waals surface area contributed by atoms with E-state index in [2.05, 4.69) is 0 Å². The van der Waals surface area contributed by atoms with Crippen molar-refractivity contribution in [2.24, 2.45) is 0 Å². The SMILES string of the molecule is CC(C)O[C](OC(C)C)c1ccc(F)cc1. The average molecular weight is 225 g/mol. The molecular formula is C13H18FO2. The van der Waals surface area contributed by atoms with Crippen LogP contribution in [0.4, 0.5) is 4.39 Å². The molecule has 0 amide bonds. The third-order valence-electron chi connectivity index (χ3n) is 1.77. The van der Waals surface area contributed by atoms with E-state index in [1.54, 1.807) is 12.1 Å². The zero-order chi connectivity index (χ0) is 12.1. The van der Waals surface area contributed by atoms with Crippen molar-refractivity contribution in [3.63, 3.8) is 0 Å². The molecule has 16 heavy (non-hydrogen) atoms. The summed E-state index contributed by atoms with van der Waals surface area (Å²) in [6.45, 7) is 7.70. The Balaban J connectivity index is 2.78. The van der Waals surface area contributed by atoms with E-state index >= 15 is 0 Å². The number of benzene rings is 1. The second-order valence-corrected chi connectivity index (χ2v) is 4.13. The molecule has 0 aliphatic heterocycles. The van der Waals surface area contributed by atoms with Gasteiger partial charge in [-0.1, -0.05) is 12.1 Å². The van der Waals surface area contributed by atoms with Crippen molar-refractivity contribution in [2.45, 2.75) is 39.9 Å². The van der Waals surface area contributed by atoms with Crippen LogP contribution in [0, 0.1) is 12.1 Å². The highest BCUT2D eigenvalue weighted by atomic mass is 19.1. The maximum absolute atomic E-state index is 12.8. The standard InChI is InChI=1S/C13H18FO2/c1-9(2)15-13(16-10(3)4)11-5-7-12(14)8-6-11/h5-10H,1-4H3. The summed E-state index contributed by atoms with van der Waals surface area (Å²) in [4.78, 5) is 0. The van der Waals surface area contributed by atoms with Gasteiger partial charge in [0.15, 0.2) is 0 Å². The smallest absolute Gasteiger partial charge is 0.256 e. The minimum atomic E-state index is -0.266. The second-order valence-electron chi connectivity index (χ2n) is 4.13. The monoisotopic (exact) mass is 225 g/mol. The molecule has 0 N–H and O–H groups in total. The van der Waals surface area contributed by atoms with Crippen LogP contribution in [0.5, 0.6) is 0 Å². The van der Waals surface area contributed by atoms with Gasteiger partial charge in [0.05, 0.1) is 12.2 Å². The lowest BCUT2D eigenvalue weighted by atomic mass is 10.2. The maximum atomic E-state index is 12.8. The normalized spacial score (nSPS) is 11.8. The molecule has 0 bridgehead atoms. The van der Waals surface area contributed by atoms with E-state index < -0.39 is 0 Å². The summed E-state index contributed by atoms with van der Waals surface area (Å²) in [5.74, 6) is -0.266. The fourth-order valence-electron chi connectivity index (χ4n) is 1.18. The lowest BCUT2D eigenvalue weighted by Crippen LogP contribution is -2.18. The van der Waals surface area contributed by atoms with E-state index in [1.807, 2.05) is 27.7 Å². The van der Waals surface area contributed by atoms with Gasteiger partial charge in [0, 0.05) is 5.56 Å². The van der Waals surface area contributed by atoms with E-state index in [0.29, 0.717) is 6.29 Å². The van der Waals surface area contributed by atoms with Crippen molar-refractivity contribution in [3.05, 3.63) is 41.9 Å². The number of ether oxygens (including phenoxy) is 2. The van der Waals surface area contributed by atoms with Gasteiger partial charge in [-0.05, 0) is 39.8 Å². The fraction of sp³-hybridized carbons (Fsp3) is 0.462. The van der Waals surface area contributed by atoms with E-state index in [9.17, 15) is 4.39 Å². The Hall–Kier alpha value is -0.930. The molecule has 0 unspecified atom stereocenters. The lowest BCUT2D eigenvalue weighted by molar-refractivity contribution is -0.0729. The lowest BCUT2D eigenvalue weighted by Gasteiger charge is -2.21. The van der Waals surface area contributed by atoms with Crippen LogP contribution in [-0.4, -0.2) is 12.2 Å². The van der Waals surface area contributed by atoms with Gasteiger partial charge < -0.3 is 9.47 Å². The molecule has 0 aliphatic rings. The van der Waals surface area contributed by atoms with Crippen LogP contribution in [0.15, 0.2) is 24.3 Å². The molecule has 1 rings (SSSR count). The van der Waals surface area contributed by atoms with E-state index in [-0.39, 0.29) is 18.0 Å². The number of hydrogen-bond donors (Lipinski definition) is 0. The summed E-state index contributed by atoms with van der Waals surface area (Å²) in [6, 6.07) is 6.08. The molecule has 0 spiro atoms. The Morgan fingerprint density at radius 2 is 1.38 bits per heavy atom. The van der Waals surface area contributed by atoms with Gasteiger partial charge in [0.2, 0.25) is 0 Å². The van der Waals surface area contributed by atoms with Crippen molar-refractivity contribution < 1.29 is 13.9 Å². The van der Waals surface area contributed by atoms with Gasteiger partial charge in [0.1, 0.15) is 5.82 Å². The molecule has 0 aromatic heterocycles. The van der Waals surface area contributed by atoms with Gasteiger partial charge in [-0.3, -0.25) is 0 Å². The van der Waals surface area contributed by atoms with Crippen molar-refractivity contribution >= 4 is 0 Å². The average Bonchev–Trinajstić information content (AvgIpc) is 2.16. The summed E-state index contributed by atoms with van der Waals surface area (Å²) in [6.07, 6.45) is 0.502. The highest BCUT2D eigenvalue weighted by Gasteiger charge is 2.18. The topological polar surface area (TPSA) is 18.5 Å². The molecule has 1 aromatic rings. The third kappa shape index (κ3) is 4.29. The van der Waals surface area contributed by atoms with Crippen LogP contribution in [0.25, 0.3) is 0 Å². The van der Waals surface area contributed by atoms with Crippen molar-refractivity contribution in [1.29, 1.82) is 0 Å². The summed E-state index contributed by atoms with van der Waals surface area (Å²) in [5.41, 5.74) is 0.754. The first-order valence-corrected chi connectivity index (χ1v) is 5.45. The molecule has 0 saturated heterocycles. The zero-order valence-corrected chi connectivity index (χ0v) is 10.2. The maximum Gasteiger partial charge on any atom is 0.256 e. The number of rotatable bonds is 5. The largest absolute Gasteiger partial charge is 0.339 e. The predicted molar refractivity (Wildman–Crippen MR) is 61.2 cm³/mol. The van der Waals surface area contributed by atoms with Crippen LogP contribution < -0.4 is 0 Å². The van der Waals surface area contributed by atoms with E-state index in [1.165, 1.54) is 12.1 Å². The first kappa shape index (κ1) is 13.1. The summed E-state index contributed by atoms with van der Waals surface area (Å²) < 4.78 is 23.9. The van der Waals surface area contributed by atoms with Crippen LogP contribution >= 0.6 is 0 Å². The van der Waals surface area contributed by atoms with Crippen LogP contribution in [-0.2, 0) is 9.47 Å². The van der Waals surface area contributed by atoms with Gasteiger partial charge in [-0.25, -0.2) is 4.39 Å². The molecule has 2 nitrogen and oxygen atoms in total. The molecule has 0 heterocycles. The summed E-state index contributed by atoms with van der Waals surface area (Å²) in [5, 5.41) is 0. The molecule has 1 radical (unpaired) electrons. The predicted octanol–water partition coefficient (Wildman–Crippen LogP) is 3.51. The van der Waals surface area contributed by atoms with Gasteiger partial charge in [-0.2, -0.15) is 0 Å². The Bertz CT molecular complexity index is 296. The van der Waals surface area contributed by atoms with Crippen molar-refractivity contribution in [1.82, 2.24) is 0 Å². The first-order valence-electron chi connectivity index (χ1n) is 5.45. The highest BCUT2D eigenvalue weighted by molar-refractivity contribution is 5.24. The van der Waals surface area contributed by atoms with E-state index in [4.69, 9.17) is 9.47 Å². The van der Waals surface area contributed by atoms with Gasteiger partial charge in [0.25, 0.3) is 6.29 Å². The van der Waals surface area contributed by atoms with Gasteiger partial charge in [-0.15, -0.1) is 0 Å². The molecule has 89 valence electrons. The number of halogens is 1. The number of hydrogen-bond acceptors (Lipinski definition) is 2. The van der Waals surface area contributed by atoms with Crippen LogP contribution in [0.2, 0.25) is 0 Å². The first-order chi connectivity index (χ1) is 7.49. The Kier molecular flexibility index (Phi) is 4.90. The minimum absolute atomic E-state index is 0.0267. The highest BCUT2D eigenvalue weighted by Crippen LogP contribution is 2.21. The molecule has 1 aromatic carbocycles. The van der Waals surface area contributed by atoms with Crippen LogP contribution in [0.3, 0.4) is 0 Å². The molecule has 3 heteroatoms. The van der Waals surface area contributed by atoms with Crippen molar-refractivity contribution in [2.75, 3.05) is 0 Å². The van der Waals surface area contributed by atoms with Gasteiger partial charge >= 0.3 is 0 Å². The van der Waals surface area contributed by atoms with Crippen molar-refractivity contribution in [3.8, 4) is 0 Å². The Labute approximate surface area is 96.4 Å². The molecule has 0 saturated carbocycles. The minimum Gasteiger partial charge on any atom is -0.339 e. The fourth-order valence-corrected chi connectivity index (χ4v) is 1.18. The zero-order valence-electron chi connectivity index (χ0n) is 10.2. The van der Waals surface area contributed by atoms with E-state index in [0.717, 1.165) is 5.56 Å². The molecule has 0 aliphatic carbocycles. The summed E-state index contributed by atoms with van der Waals surface area (Å²) >= 11 is 0. The third-order valence-corrected chi connectivity index (χ3v) is 1.77. The molecule has 0 atom stereocenters. The second kappa shape index (κ2) is 5.97. The molecule has 0 fully saturated rings. The van der Waals surface area contributed by atoms with Crippen LogP contribution in [0.1, 0.15) is 33.3 Å². The Morgan fingerprint density at radius 3 is 1.75 bits per heavy atom. The Morgan fingerprint density at radius 1 is 0.938 bits per heavy atom. The quantitative estimate of drug-likeness (QED) is 0.763. The molecular weight excluding hydrogens is 207 g/mol. The summed E-state index contributed by atoms with van der Waals surface area (Å²) in [7, 11) is 0.